The Kier molecular flexibility index (Phi) is 13.6. The van der Waals surface area contributed by atoms with Crippen molar-refractivity contribution < 1.29 is 49.0 Å². The number of nitrogens with one attached hydrogen (secondary N) is 1. The summed E-state index contributed by atoms with van der Waals surface area (Å²) in [6.07, 6.45) is 1.22. The van der Waals surface area contributed by atoms with E-state index >= 15 is 0 Å². The molecular formula is C41H45Cl2N3O10. The van der Waals surface area contributed by atoms with Gasteiger partial charge < -0.3 is 44.7 Å². The molecule has 4 atom stereocenters. The molecule has 56 heavy (non-hydrogen) atoms. The van der Waals surface area contributed by atoms with Crippen molar-refractivity contribution in [2.24, 2.45) is 0 Å². The minimum absolute atomic E-state index is 0.0772. The lowest BCUT2D eigenvalue weighted by Gasteiger charge is -2.19. The number of pyridine rings is 2. The SMILES string of the molecule is COc1nc(OC2CCc3c(-c4cccc5c4CCC5Oc4nc(OC)c(CNC[C@@H](O)CC(=O)O)cc4Cl)cccc32)c(Cl)cc1CCC[C@@H](O)CC(=O)O. The van der Waals surface area contributed by atoms with Gasteiger partial charge in [0.25, 0.3) is 0 Å². The van der Waals surface area contributed by atoms with Crippen LogP contribution in [0, 0.1) is 0 Å². The summed E-state index contributed by atoms with van der Waals surface area (Å²) in [4.78, 5) is 30.9. The van der Waals surface area contributed by atoms with Crippen molar-refractivity contribution in [3.05, 3.63) is 92.0 Å². The first-order chi connectivity index (χ1) is 26.9. The van der Waals surface area contributed by atoms with Gasteiger partial charge in [-0.2, -0.15) is 9.97 Å². The summed E-state index contributed by atoms with van der Waals surface area (Å²) in [6, 6.07) is 15.9. The number of halogens is 2. The molecule has 0 amide bonds. The lowest BCUT2D eigenvalue weighted by atomic mass is 9.91. The third kappa shape index (κ3) is 9.64. The van der Waals surface area contributed by atoms with Gasteiger partial charge in [-0.3, -0.25) is 9.59 Å². The monoisotopic (exact) mass is 809 g/mol. The van der Waals surface area contributed by atoms with Crippen LogP contribution in [0.4, 0.5) is 0 Å². The number of fused-ring (bicyclic) bond motifs is 2. The Bertz CT molecular complexity index is 1920. The number of benzene rings is 2. The molecule has 5 N–H and O–H groups in total. The number of carboxylic acid groups (broad SMARTS) is 2. The summed E-state index contributed by atoms with van der Waals surface area (Å²) < 4.78 is 24.0. The number of carbonyl (C=O) groups is 2. The Labute approximate surface area is 334 Å². The average molecular weight is 811 g/mol. The highest BCUT2D eigenvalue weighted by Gasteiger charge is 2.32. The van der Waals surface area contributed by atoms with Gasteiger partial charge in [0.2, 0.25) is 23.5 Å². The molecule has 4 aromatic rings. The zero-order valence-corrected chi connectivity index (χ0v) is 32.6. The number of aliphatic carboxylic acids is 2. The first-order valence-corrected chi connectivity index (χ1v) is 19.3. The summed E-state index contributed by atoms with van der Waals surface area (Å²) in [6.45, 7) is 0.332. The largest absolute Gasteiger partial charge is 0.481 e. The van der Waals surface area contributed by atoms with Crippen LogP contribution < -0.4 is 24.3 Å². The number of aromatic nitrogens is 2. The molecule has 15 heteroatoms. The number of aliphatic hydroxyl groups is 2. The smallest absolute Gasteiger partial charge is 0.306 e. The third-order valence-corrected chi connectivity index (χ3v) is 10.6. The molecule has 13 nitrogen and oxygen atoms in total. The molecule has 2 aromatic carbocycles. The number of carboxylic acids is 2. The topological polar surface area (TPSA) is 190 Å². The summed E-state index contributed by atoms with van der Waals surface area (Å²) in [7, 11) is 3.02. The molecule has 0 fully saturated rings. The standard InChI is InChI=1S/C41H45Cl2N3O10/c1-53-38-22(6-3-7-24(47)18-36(49)50)16-32(42)40(45-38)55-34-14-12-28-26(8-4-10-30(28)34)27-9-5-11-31-29(27)13-15-35(31)56-41-33(43)17-23(39(46-41)54-2)20-44-21-25(48)19-37(51)52/h4-5,8-11,16-17,24-25,34-35,44,47-48H,3,6-7,12-15,18-21H2,1-2H3,(H,49,50)(H,51,52)/t24-,25+,34?,35?/m1/s1. The number of aryl methyl sites for hydroxylation is 1. The van der Waals surface area contributed by atoms with Crippen molar-refractivity contribution in [2.45, 2.75) is 88.7 Å². The van der Waals surface area contributed by atoms with E-state index in [1.54, 1.807) is 12.1 Å². The highest BCUT2D eigenvalue weighted by Crippen LogP contribution is 2.46. The van der Waals surface area contributed by atoms with Crippen molar-refractivity contribution in [3.63, 3.8) is 0 Å². The number of hydrogen-bond acceptors (Lipinski definition) is 11. The van der Waals surface area contributed by atoms with Gasteiger partial charge in [0, 0.05) is 24.2 Å². The van der Waals surface area contributed by atoms with Crippen LogP contribution in [-0.4, -0.2) is 75.3 Å². The van der Waals surface area contributed by atoms with Crippen LogP contribution >= 0.6 is 23.2 Å². The lowest BCUT2D eigenvalue weighted by Crippen LogP contribution is -2.28. The number of nitrogens with zero attached hydrogens (tertiary/aromatic N) is 2. The van der Waals surface area contributed by atoms with E-state index in [-0.39, 0.29) is 49.9 Å². The molecule has 6 rings (SSSR count). The van der Waals surface area contributed by atoms with Gasteiger partial charge in [-0.1, -0.05) is 59.6 Å². The minimum Gasteiger partial charge on any atom is -0.481 e. The zero-order chi connectivity index (χ0) is 39.9. The molecular weight excluding hydrogens is 765 g/mol. The van der Waals surface area contributed by atoms with Gasteiger partial charge in [-0.05, 0) is 90.5 Å². The van der Waals surface area contributed by atoms with E-state index in [4.69, 9.17) is 52.4 Å². The third-order valence-electron chi connectivity index (χ3n) is 10.1. The number of hydrogen-bond donors (Lipinski definition) is 5. The van der Waals surface area contributed by atoms with Crippen molar-refractivity contribution >= 4 is 35.1 Å². The number of rotatable bonds is 19. The fraction of sp³-hybridized carbons (Fsp3) is 0.415. The molecule has 0 aliphatic heterocycles. The van der Waals surface area contributed by atoms with E-state index in [2.05, 4.69) is 39.6 Å². The maximum absolute atomic E-state index is 10.9. The van der Waals surface area contributed by atoms with Crippen LogP contribution in [0.3, 0.4) is 0 Å². The summed E-state index contributed by atoms with van der Waals surface area (Å²) in [5.41, 5.74) is 8.16. The van der Waals surface area contributed by atoms with Gasteiger partial charge in [-0.25, -0.2) is 0 Å². The number of ether oxygens (including phenoxy) is 4. The van der Waals surface area contributed by atoms with E-state index in [1.807, 2.05) is 12.1 Å². The first-order valence-electron chi connectivity index (χ1n) is 18.5. The van der Waals surface area contributed by atoms with Gasteiger partial charge in [0.15, 0.2) is 0 Å². The quantitative estimate of drug-likeness (QED) is 0.0675. The predicted octanol–water partition coefficient (Wildman–Crippen LogP) is 6.68. The molecule has 2 unspecified atom stereocenters. The Hall–Kier alpha value is -4.66. The van der Waals surface area contributed by atoms with E-state index in [0.29, 0.717) is 46.6 Å². The highest BCUT2D eigenvalue weighted by molar-refractivity contribution is 6.32. The normalized spacial score (nSPS) is 16.8. The molecule has 0 bridgehead atoms. The van der Waals surface area contributed by atoms with Crippen LogP contribution in [0.25, 0.3) is 11.1 Å². The molecule has 2 aliphatic rings. The average Bonchev–Trinajstić information content (AvgIpc) is 3.77. The van der Waals surface area contributed by atoms with Gasteiger partial charge in [0.05, 0.1) is 39.3 Å². The van der Waals surface area contributed by atoms with Gasteiger partial charge in [0.1, 0.15) is 22.3 Å². The Morgan fingerprint density at radius 2 is 1.27 bits per heavy atom. The van der Waals surface area contributed by atoms with E-state index in [0.717, 1.165) is 53.5 Å². The lowest BCUT2D eigenvalue weighted by molar-refractivity contribution is -0.140. The fourth-order valence-electron chi connectivity index (χ4n) is 7.54. The highest BCUT2D eigenvalue weighted by atomic mass is 35.5. The zero-order valence-electron chi connectivity index (χ0n) is 31.1. The van der Waals surface area contributed by atoms with E-state index < -0.39 is 24.1 Å². The second kappa shape index (κ2) is 18.5. The number of aliphatic hydroxyl groups excluding tert-OH is 2. The predicted molar refractivity (Wildman–Crippen MR) is 208 cm³/mol. The van der Waals surface area contributed by atoms with Crippen molar-refractivity contribution in [2.75, 3.05) is 20.8 Å². The van der Waals surface area contributed by atoms with Crippen LogP contribution in [0.15, 0.2) is 48.5 Å². The summed E-state index contributed by atoms with van der Waals surface area (Å²) >= 11 is 13.3. The second-order valence-electron chi connectivity index (χ2n) is 14.0. The van der Waals surface area contributed by atoms with Crippen molar-refractivity contribution in [3.8, 4) is 34.6 Å². The molecule has 2 aliphatic carbocycles. The van der Waals surface area contributed by atoms with Crippen LogP contribution in [0.1, 0.15) is 84.1 Å². The molecule has 0 saturated carbocycles. The summed E-state index contributed by atoms with van der Waals surface area (Å²) in [5, 5.41) is 41.3. The maximum atomic E-state index is 10.9. The molecule has 0 radical (unpaired) electrons. The van der Waals surface area contributed by atoms with E-state index in [1.165, 1.54) is 25.3 Å². The number of methoxy groups -OCH3 is 2. The molecule has 0 saturated heterocycles. The molecule has 2 aromatic heterocycles. The second-order valence-corrected chi connectivity index (χ2v) is 14.8. The summed E-state index contributed by atoms with van der Waals surface area (Å²) in [5.74, 6) is -0.928. The van der Waals surface area contributed by atoms with Crippen LogP contribution in [0.2, 0.25) is 10.0 Å². The van der Waals surface area contributed by atoms with Gasteiger partial charge >= 0.3 is 11.9 Å². The van der Waals surface area contributed by atoms with E-state index in [9.17, 15) is 19.8 Å². The molecule has 2 heterocycles. The van der Waals surface area contributed by atoms with Gasteiger partial charge in [-0.15, -0.1) is 0 Å². The minimum atomic E-state index is -1.08. The van der Waals surface area contributed by atoms with Crippen LogP contribution in [-0.2, 0) is 35.4 Å². The Morgan fingerprint density at radius 1 is 0.768 bits per heavy atom. The molecule has 298 valence electrons. The first kappa shape index (κ1) is 41.0. The van der Waals surface area contributed by atoms with Crippen molar-refractivity contribution in [1.82, 2.24) is 15.3 Å². The van der Waals surface area contributed by atoms with Crippen molar-refractivity contribution in [1.29, 1.82) is 0 Å². The maximum Gasteiger partial charge on any atom is 0.306 e. The Balaban J connectivity index is 1.16. The van der Waals surface area contributed by atoms with Crippen LogP contribution in [0.5, 0.6) is 23.5 Å². The fourth-order valence-corrected chi connectivity index (χ4v) is 7.98. The molecule has 0 spiro atoms. The Morgan fingerprint density at radius 3 is 1.79 bits per heavy atom.